The fourth-order valence-electron chi connectivity index (χ4n) is 1.03. The summed E-state index contributed by atoms with van der Waals surface area (Å²) in [6, 6.07) is 0.967. The second-order valence-corrected chi connectivity index (χ2v) is 2.72. The molecule has 0 fully saturated rings. The third-order valence-corrected chi connectivity index (χ3v) is 1.72. The van der Waals surface area contributed by atoms with E-state index in [1.807, 2.05) is 0 Å². The van der Waals surface area contributed by atoms with E-state index >= 15 is 0 Å². The van der Waals surface area contributed by atoms with Crippen molar-refractivity contribution in [1.29, 1.82) is 0 Å². The molecule has 0 saturated heterocycles. The number of pyridine rings is 1. The molecule has 0 N–H and O–H groups in total. The molecular weight excluding hydrogens is 216 g/mol. The molecule has 0 unspecified atom stereocenters. The minimum atomic E-state index is -0.778. The van der Waals surface area contributed by atoms with Crippen LogP contribution in [0.1, 0.15) is 27.8 Å². The fourth-order valence-corrected chi connectivity index (χ4v) is 1.03. The van der Waals surface area contributed by atoms with Crippen LogP contribution in [0.15, 0.2) is 12.3 Å². The first-order valence-electron chi connectivity index (χ1n) is 4.36. The number of rotatable bonds is 4. The van der Waals surface area contributed by atoms with Gasteiger partial charge in [-0.15, -0.1) is 0 Å². The van der Waals surface area contributed by atoms with Crippen molar-refractivity contribution in [3.8, 4) is 0 Å². The number of carbonyl (C=O) groups is 2. The van der Waals surface area contributed by atoms with Crippen LogP contribution in [0.5, 0.6) is 0 Å². The Hall–Kier alpha value is -2.31. The summed E-state index contributed by atoms with van der Waals surface area (Å²) < 4.78 is 4.65. The summed E-state index contributed by atoms with van der Waals surface area (Å²) in [5, 5.41) is 10.6. The van der Waals surface area contributed by atoms with E-state index in [0.717, 1.165) is 12.3 Å². The maximum absolute atomic E-state index is 11.2. The second-order valence-electron chi connectivity index (χ2n) is 2.72. The molecule has 0 aliphatic rings. The molecule has 1 rings (SSSR count). The van der Waals surface area contributed by atoms with Crippen molar-refractivity contribution in [2.45, 2.75) is 6.92 Å². The lowest BCUT2D eigenvalue weighted by Gasteiger charge is -2.01. The Morgan fingerprint density at radius 2 is 2.38 bits per heavy atom. The number of esters is 1. The molecule has 0 bridgehead atoms. The van der Waals surface area contributed by atoms with Crippen LogP contribution in [0.25, 0.3) is 0 Å². The molecule has 0 spiro atoms. The maximum atomic E-state index is 11.2. The highest BCUT2D eigenvalue weighted by molar-refractivity contribution is 5.91. The smallest absolute Gasteiger partial charge is 0.339 e. The van der Waals surface area contributed by atoms with Gasteiger partial charge in [0.2, 0.25) is 0 Å². The average molecular weight is 224 g/mol. The van der Waals surface area contributed by atoms with E-state index in [4.69, 9.17) is 0 Å². The Bertz CT molecular complexity index is 444. The van der Waals surface area contributed by atoms with Gasteiger partial charge in [0.1, 0.15) is 0 Å². The minimum absolute atomic E-state index is 0.0563. The molecule has 0 radical (unpaired) electrons. The number of nitrogens with zero attached hydrogens (tertiary/aromatic N) is 2. The summed E-state index contributed by atoms with van der Waals surface area (Å²) in [5.41, 5.74) is -0.891. The third-order valence-electron chi connectivity index (χ3n) is 1.72. The van der Waals surface area contributed by atoms with E-state index in [1.165, 1.54) is 0 Å². The van der Waals surface area contributed by atoms with Gasteiger partial charge in [-0.3, -0.25) is 14.9 Å². The average Bonchev–Trinajstić information content (AvgIpc) is 2.28. The summed E-state index contributed by atoms with van der Waals surface area (Å²) in [7, 11) is 0. The lowest BCUT2D eigenvalue weighted by molar-refractivity contribution is -0.385. The summed E-state index contributed by atoms with van der Waals surface area (Å²) >= 11 is 0. The first-order chi connectivity index (χ1) is 7.60. The zero-order chi connectivity index (χ0) is 12.1. The van der Waals surface area contributed by atoms with Crippen molar-refractivity contribution in [3.63, 3.8) is 0 Å². The quantitative estimate of drug-likeness (QED) is 0.327. The number of aromatic nitrogens is 1. The predicted molar refractivity (Wildman–Crippen MR) is 52.2 cm³/mol. The third kappa shape index (κ3) is 2.38. The Morgan fingerprint density at radius 3 is 2.88 bits per heavy atom. The SMILES string of the molecule is CCOC(=O)c1cnc(C=O)c([N+](=O)[O-])c1. The largest absolute Gasteiger partial charge is 0.462 e. The van der Waals surface area contributed by atoms with E-state index in [0.29, 0.717) is 0 Å². The van der Waals surface area contributed by atoms with Crippen LogP contribution < -0.4 is 0 Å². The molecule has 1 aromatic rings. The van der Waals surface area contributed by atoms with Crippen LogP contribution in [-0.4, -0.2) is 28.8 Å². The summed E-state index contributed by atoms with van der Waals surface area (Å²) in [6.07, 6.45) is 1.32. The molecule has 0 amide bonds. The highest BCUT2D eigenvalue weighted by Gasteiger charge is 2.18. The first-order valence-corrected chi connectivity index (χ1v) is 4.36. The number of nitro groups is 1. The second kappa shape index (κ2) is 4.96. The number of ether oxygens (including phenoxy) is 1. The van der Waals surface area contributed by atoms with Crippen molar-refractivity contribution in [3.05, 3.63) is 33.6 Å². The Kier molecular flexibility index (Phi) is 3.65. The van der Waals surface area contributed by atoms with Crippen LogP contribution in [0.4, 0.5) is 5.69 Å². The van der Waals surface area contributed by atoms with E-state index in [2.05, 4.69) is 9.72 Å². The van der Waals surface area contributed by atoms with Crippen LogP contribution >= 0.6 is 0 Å². The van der Waals surface area contributed by atoms with Gasteiger partial charge < -0.3 is 4.74 Å². The topological polar surface area (TPSA) is 99.4 Å². The van der Waals surface area contributed by atoms with E-state index < -0.39 is 16.6 Å². The molecule has 84 valence electrons. The summed E-state index contributed by atoms with van der Waals surface area (Å²) in [4.78, 5) is 35.0. The van der Waals surface area contributed by atoms with Crippen LogP contribution in [0.2, 0.25) is 0 Å². The fraction of sp³-hybridized carbons (Fsp3) is 0.222. The van der Waals surface area contributed by atoms with Gasteiger partial charge in [0.05, 0.1) is 17.1 Å². The lowest BCUT2D eigenvalue weighted by Crippen LogP contribution is -2.07. The summed E-state index contributed by atoms with van der Waals surface area (Å²) in [6.45, 7) is 1.77. The van der Waals surface area contributed by atoms with E-state index in [1.54, 1.807) is 6.92 Å². The molecule has 7 heteroatoms. The van der Waals surface area contributed by atoms with Gasteiger partial charge in [-0.25, -0.2) is 9.78 Å². The normalized spacial score (nSPS) is 9.56. The molecule has 16 heavy (non-hydrogen) atoms. The van der Waals surface area contributed by atoms with Gasteiger partial charge in [-0.2, -0.15) is 0 Å². The van der Waals surface area contributed by atoms with Crippen molar-refractivity contribution in [2.75, 3.05) is 6.61 Å². The van der Waals surface area contributed by atoms with Gasteiger partial charge in [-0.1, -0.05) is 0 Å². The lowest BCUT2D eigenvalue weighted by atomic mass is 10.2. The number of hydrogen-bond donors (Lipinski definition) is 0. The van der Waals surface area contributed by atoms with Crippen molar-refractivity contribution in [1.82, 2.24) is 4.98 Å². The highest BCUT2D eigenvalue weighted by atomic mass is 16.6. The Morgan fingerprint density at radius 1 is 1.69 bits per heavy atom. The Balaban J connectivity index is 3.16. The number of hydrogen-bond acceptors (Lipinski definition) is 6. The Labute approximate surface area is 90.2 Å². The molecule has 0 saturated carbocycles. The maximum Gasteiger partial charge on any atom is 0.339 e. The molecule has 1 aromatic heterocycles. The predicted octanol–water partition coefficient (Wildman–Crippen LogP) is 0.979. The monoisotopic (exact) mass is 224 g/mol. The zero-order valence-electron chi connectivity index (χ0n) is 8.37. The van der Waals surface area contributed by atoms with Gasteiger partial charge in [0, 0.05) is 12.3 Å². The van der Waals surface area contributed by atoms with Crippen LogP contribution in [0.3, 0.4) is 0 Å². The number of aldehydes is 1. The summed E-state index contributed by atoms with van der Waals surface area (Å²) in [5.74, 6) is -0.712. The first kappa shape index (κ1) is 11.8. The van der Waals surface area contributed by atoms with Crippen LogP contribution in [0, 0.1) is 10.1 Å². The molecule has 1 heterocycles. The molecule has 0 aromatic carbocycles. The van der Waals surface area contributed by atoms with Crippen LogP contribution in [-0.2, 0) is 4.74 Å². The van der Waals surface area contributed by atoms with Crippen molar-refractivity contribution < 1.29 is 19.2 Å². The minimum Gasteiger partial charge on any atom is -0.462 e. The zero-order valence-corrected chi connectivity index (χ0v) is 8.37. The number of carbonyl (C=O) groups excluding carboxylic acids is 2. The van der Waals surface area contributed by atoms with Gasteiger partial charge in [-0.05, 0) is 6.92 Å². The van der Waals surface area contributed by atoms with E-state index in [-0.39, 0.29) is 24.2 Å². The van der Waals surface area contributed by atoms with Gasteiger partial charge in [0.15, 0.2) is 12.0 Å². The molecular formula is C9H8N2O5. The highest BCUT2D eigenvalue weighted by Crippen LogP contribution is 2.16. The van der Waals surface area contributed by atoms with Crippen molar-refractivity contribution in [2.24, 2.45) is 0 Å². The molecule has 0 aliphatic heterocycles. The molecule has 7 nitrogen and oxygen atoms in total. The standard InChI is InChI=1S/C9H8N2O5/c1-2-16-9(13)6-3-8(11(14)15)7(5-12)10-4-6/h3-5H,2H2,1H3. The van der Waals surface area contributed by atoms with E-state index in [9.17, 15) is 19.7 Å². The van der Waals surface area contributed by atoms with Gasteiger partial charge >= 0.3 is 5.97 Å². The van der Waals surface area contributed by atoms with Gasteiger partial charge in [0.25, 0.3) is 5.69 Å². The van der Waals surface area contributed by atoms with Crippen molar-refractivity contribution >= 4 is 17.9 Å². The molecule has 0 aliphatic carbocycles. The molecule has 0 atom stereocenters.